The molecule has 1 aromatic rings. The lowest BCUT2D eigenvalue weighted by Crippen LogP contribution is -2.18. The number of benzene rings is 1. The van der Waals surface area contributed by atoms with Gasteiger partial charge in [0, 0.05) is 11.1 Å². The molecule has 0 aliphatic carbocycles. The number of hydrogen-bond acceptors (Lipinski definition) is 1. The molecule has 2 unspecified atom stereocenters. The summed E-state index contributed by atoms with van der Waals surface area (Å²) in [6.07, 6.45) is 2.21. The van der Waals surface area contributed by atoms with Gasteiger partial charge in [-0.1, -0.05) is 51.4 Å². The van der Waals surface area contributed by atoms with Gasteiger partial charge in [0.05, 0.1) is 0 Å². The van der Waals surface area contributed by atoms with Crippen molar-refractivity contribution >= 4 is 11.6 Å². The first kappa shape index (κ1) is 15.5. The molecule has 0 radical (unpaired) electrons. The number of hydrogen-bond donors (Lipinski definition) is 1. The summed E-state index contributed by atoms with van der Waals surface area (Å²) in [6.45, 7) is 11.1. The zero-order valence-corrected chi connectivity index (χ0v) is 13.0. The summed E-state index contributed by atoms with van der Waals surface area (Å²) in [5, 5.41) is 0.812. The molecule has 0 saturated heterocycles. The number of rotatable bonds is 4. The Bertz CT molecular complexity index is 393. The minimum absolute atomic E-state index is 0.0837. The molecule has 1 aromatic carbocycles. The van der Waals surface area contributed by atoms with Crippen molar-refractivity contribution in [3.8, 4) is 0 Å². The molecule has 2 atom stereocenters. The SMILES string of the molecule is Cc1ccc(C(N)CC(C)CC(C)(C)C)cc1Cl. The minimum atomic E-state index is 0.0837. The van der Waals surface area contributed by atoms with E-state index in [0.717, 1.165) is 22.6 Å². The Morgan fingerprint density at radius 3 is 2.39 bits per heavy atom. The summed E-state index contributed by atoms with van der Waals surface area (Å²) in [4.78, 5) is 0. The molecule has 0 amide bonds. The van der Waals surface area contributed by atoms with Crippen molar-refractivity contribution in [2.24, 2.45) is 17.1 Å². The monoisotopic (exact) mass is 267 g/mol. The highest BCUT2D eigenvalue weighted by Crippen LogP contribution is 2.30. The molecule has 2 N–H and O–H groups in total. The van der Waals surface area contributed by atoms with Crippen LogP contribution in [-0.2, 0) is 0 Å². The molecule has 0 heterocycles. The van der Waals surface area contributed by atoms with Crippen molar-refractivity contribution in [3.05, 3.63) is 34.3 Å². The van der Waals surface area contributed by atoms with E-state index in [2.05, 4.69) is 33.8 Å². The van der Waals surface area contributed by atoms with Crippen molar-refractivity contribution in [1.29, 1.82) is 0 Å². The molecular weight excluding hydrogens is 242 g/mol. The van der Waals surface area contributed by atoms with Crippen molar-refractivity contribution in [2.75, 3.05) is 0 Å². The van der Waals surface area contributed by atoms with E-state index in [1.807, 2.05) is 19.1 Å². The highest BCUT2D eigenvalue weighted by molar-refractivity contribution is 6.31. The molecule has 1 rings (SSSR count). The smallest absolute Gasteiger partial charge is 0.0438 e. The molecule has 0 aromatic heterocycles. The zero-order chi connectivity index (χ0) is 13.9. The van der Waals surface area contributed by atoms with Gasteiger partial charge in [-0.05, 0) is 48.3 Å². The van der Waals surface area contributed by atoms with Crippen molar-refractivity contribution < 1.29 is 0 Å². The van der Waals surface area contributed by atoms with E-state index in [1.54, 1.807) is 0 Å². The van der Waals surface area contributed by atoms with Crippen LogP contribution in [0.2, 0.25) is 5.02 Å². The van der Waals surface area contributed by atoms with Crippen LogP contribution in [0.5, 0.6) is 0 Å². The van der Waals surface area contributed by atoms with E-state index >= 15 is 0 Å². The summed E-state index contributed by atoms with van der Waals surface area (Å²) < 4.78 is 0. The van der Waals surface area contributed by atoms with Crippen LogP contribution in [0.25, 0.3) is 0 Å². The Balaban J connectivity index is 2.64. The number of halogens is 1. The van der Waals surface area contributed by atoms with Gasteiger partial charge in [0.2, 0.25) is 0 Å². The van der Waals surface area contributed by atoms with E-state index in [4.69, 9.17) is 17.3 Å². The lowest BCUT2D eigenvalue weighted by Gasteiger charge is -2.25. The second-order valence-electron chi connectivity index (χ2n) is 6.72. The predicted octanol–water partition coefficient (Wildman–Crippen LogP) is 5.11. The molecule has 0 fully saturated rings. The zero-order valence-electron chi connectivity index (χ0n) is 12.3. The van der Waals surface area contributed by atoms with Gasteiger partial charge >= 0.3 is 0 Å². The van der Waals surface area contributed by atoms with E-state index in [1.165, 1.54) is 6.42 Å². The van der Waals surface area contributed by atoms with Gasteiger partial charge in [-0.2, -0.15) is 0 Å². The van der Waals surface area contributed by atoms with Crippen LogP contribution in [0.15, 0.2) is 18.2 Å². The Kier molecular flexibility index (Phi) is 5.24. The van der Waals surface area contributed by atoms with E-state index in [-0.39, 0.29) is 6.04 Å². The van der Waals surface area contributed by atoms with Gasteiger partial charge in [0.15, 0.2) is 0 Å². The molecule has 0 bridgehead atoms. The lowest BCUT2D eigenvalue weighted by molar-refractivity contribution is 0.286. The second kappa shape index (κ2) is 6.08. The standard InChI is InChI=1S/C16H26ClN/c1-11(10-16(3,4)5)8-15(18)13-7-6-12(2)14(17)9-13/h6-7,9,11,15H,8,10,18H2,1-5H3. The fourth-order valence-electron chi connectivity index (χ4n) is 2.54. The maximum absolute atomic E-state index is 6.28. The first-order chi connectivity index (χ1) is 8.19. The van der Waals surface area contributed by atoms with Crippen LogP contribution in [0.1, 0.15) is 57.7 Å². The van der Waals surface area contributed by atoms with Crippen LogP contribution in [0.3, 0.4) is 0 Å². The lowest BCUT2D eigenvalue weighted by atomic mass is 9.82. The van der Waals surface area contributed by atoms with Gasteiger partial charge < -0.3 is 5.73 Å². The molecule has 0 spiro atoms. The summed E-state index contributed by atoms with van der Waals surface area (Å²) in [7, 11) is 0. The molecule has 18 heavy (non-hydrogen) atoms. The van der Waals surface area contributed by atoms with E-state index < -0.39 is 0 Å². The van der Waals surface area contributed by atoms with Crippen LogP contribution in [0.4, 0.5) is 0 Å². The number of nitrogens with two attached hydrogens (primary N) is 1. The Labute approximate surface area is 117 Å². The Hall–Kier alpha value is -0.530. The third kappa shape index (κ3) is 4.99. The van der Waals surface area contributed by atoms with E-state index in [9.17, 15) is 0 Å². The van der Waals surface area contributed by atoms with Crippen molar-refractivity contribution in [2.45, 2.75) is 53.5 Å². The summed E-state index contributed by atoms with van der Waals surface area (Å²) in [6, 6.07) is 6.23. The first-order valence-electron chi connectivity index (χ1n) is 6.70. The van der Waals surface area contributed by atoms with Crippen LogP contribution >= 0.6 is 11.6 Å². The van der Waals surface area contributed by atoms with E-state index in [0.29, 0.717) is 11.3 Å². The van der Waals surface area contributed by atoms with Crippen LogP contribution in [0, 0.1) is 18.3 Å². The molecule has 0 aliphatic rings. The molecule has 0 saturated carbocycles. The average molecular weight is 268 g/mol. The van der Waals surface area contributed by atoms with Gasteiger partial charge in [0.1, 0.15) is 0 Å². The Morgan fingerprint density at radius 2 is 1.89 bits per heavy atom. The van der Waals surface area contributed by atoms with Crippen molar-refractivity contribution in [1.82, 2.24) is 0 Å². The van der Waals surface area contributed by atoms with Crippen LogP contribution in [-0.4, -0.2) is 0 Å². The quantitative estimate of drug-likeness (QED) is 0.806. The number of aryl methyl sites for hydroxylation is 1. The second-order valence-corrected chi connectivity index (χ2v) is 7.13. The van der Waals surface area contributed by atoms with Gasteiger partial charge in [0.25, 0.3) is 0 Å². The molecule has 0 aliphatic heterocycles. The predicted molar refractivity (Wildman–Crippen MR) is 81.0 cm³/mol. The maximum Gasteiger partial charge on any atom is 0.0438 e. The topological polar surface area (TPSA) is 26.0 Å². The van der Waals surface area contributed by atoms with Gasteiger partial charge in [-0.15, -0.1) is 0 Å². The van der Waals surface area contributed by atoms with Gasteiger partial charge in [-0.3, -0.25) is 0 Å². The fourth-order valence-corrected chi connectivity index (χ4v) is 2.73. The highest BCUT2D eigenvalue weighted by Gasteiger charge is 2.18. The van der Waals surface area contributed by atoms with Crippen molar-refractivity contribution in [3.63, 3.8) is 0 Å². The van der Waals surface area contributed by atoms with Crippen LogP contribution < -0.4 is 5.73 Å². The normalized spacial score (nSPS) is 15.5. The highest BCUT2D eigenvalue weighted by atomic mass is 35.5. The molecular formula is C16H26ClN. The molecule has 102 valence electrons. The van der Waals surface area contributed by atoms with Gasteiger partial charge in [-0.25, -0.2) is 0 Å². The summed E-state index contributed by atoms with van der Waals surface area (Å²) in [5.41, 5.74) is 8.89. The minimum Gasteiger partial charge on any atom is -0.324 e. The maximum atomic E-state index is 6.28. The summed E-state index contributed by atoms with van der Waals surface area (Å²) in [5.74, 6) is 0.625. The third-order valence-corrected chi connectivity index (χ3v) is 3.65. The Morgan fingerprint density at radius 1 is 1.28 bits per heavy atom. The molecule has 1 nitrogen and oxygen atoms in total. The summed E-state index contributed by atoms with van der Waals surface area (Å²) >= 11 is 6.15. The fraction of sp³-hybridized carbons (Fsp3) is 0.625. The average Bonchev–Trinajstić information content (AvgIpc) is 2.18. The third-order valence-electron chi connectivity index (χ3n) is 3.24. The largest absolute Gasteiger partial charge is 0.324 e. The first-order valence-corrected chi connectivity index (χ1v) is 7.08. The molecule has 2 heteroatoms.